The van der Waals surface area contributed by atoms with Crippen molar-refractivity contribution in [2.24, 2.45) is 10.4 Å². The van der Waals surface area contributed by atoms with Crippen LogP contribution >= 0.6 is 0 Å². The highest BCUT2D eigenvalue weighted by molar-refractivity contribution is 5.84. The Kier molecular flexibility index (Phi) is 8.99. The molecule has 1 amide bonds. The molecule has 0 aromatic rings. The summed E-state index contributed by atoms with van der Waals surface area (Å²) in [5.41, 5.74) is -0.476. The molecule has 0 aliphatic heterocycles. The van der Waals surface area contributed by atoms with Gasteiger partial charge in [-0.2, -0.15) is 0 Å². The lowest BCUT2D eigenvalue weighted by molar-refractivity contribution is -0.128. The normalized spacial score (nSPS) is 17.0. The lowest BCUT2D eigenvalue weighted by Crippen LogP contribution is -2.47. The second kappa shape index (κ2) is 10.5. The van der Waals surface area contributed by atoms with Gasteiger partial charge in [-0.05, 0) is 33.1 Å². The Morgan fingerprint density at radius 2 is 1.91 bits per heavy atom. The van der Waals surface area contributed by atoms with Crippen molar-refractivity contribution in [3.63, 3.8) is 0 Å². The van der Waals surface area contributed by atoms with E-state index in [0.717, 1.165) is 25.5 Å². The number of nitrogens with one attached hydrogen (secondary N) is 3. The van der Waals surface area contributed by atoms with Gasteiger partial charge < -0.3 is 20.7 Å². The fraction of sp³-hybridized carbons (Fsp3) is 0.882. The van der Waals surface area contributed by atoms with Crippen molar-refractivity contribution in [3.8, 4) is 0 Å². The molecule has 0 atom stereocenters. The van der Waals surface area contributed by atoms with Crippen molar-refractivity contribution in [1.82, 2.24) is 16.0 Å². The second-order valence-electron chi connectivity index (χ2n) is 6.80. The maximum absolute atomic E-state index is 11.8. The highest BCUT2D eigenvalue weighted by Gasteiger charge is 2.26. The number of amides is 1. The maximum Gasteiger partial charge on any atom is 0.227 e. The molecule has 1 aliphatic carbocycles. The lowest BCUT2D eigenvalue weighted by atomic mass is 9.92. The monoisotopic (exact) mass is 326 g/mol. The Hall–Kier alpha value is -1.30. The first-order chi connectivity index (χ1) is 11.0. The molecule has 23 heavy (non-hydrogen) atoms. The molecule has 0 radical (unpaired) electrons. The predicted octanol–water partition coefficient (Wildman–Crippen LogP) is 1.66. The van der Waals surface area contributed by atoms with Crippen LogP contribution in [0.2, 0.25) is 0 Å². The van der Waals surface area contributed by atoms with Crippen LogP contribution in [-0.4, -0.2) is 51.8 Å². The minimum atomic E-state index is -0.476. The molecule has 1 fully saturated rings. The zero-order valence-electron chi connectivity index (χ0n) is 15.2. The molecule has 1 saturated carbocycles. The third-order valence-electron chi connectivity index (χ3n) is 4.28. The average molecular weight is 326 g/mol. The van der Waals surface area contributed by atoms with Gasteiger partial charge in [0.1, 0.15) is 0 Å². The molecule has 0 aromatic heterocycles. The quantitative estimate of drug-likeness (QED) is 0.360. The number of ether oxygens (including phenoxy) is 1. The zero-order chi connectivity index (χ0) is 17.1. The first-order valence-corrected chi connectivity index (χ1v) is 8.78. The molecule has 6 nitrogen and oxygen atoms in total. The van der Waals surface area contributed by atoms with Gasteiger partial charge in [-0.25, -0.2) is 0 Å². The van der Waals surface area contributed by atoms with Gasteiger partial charge in [0, 0.05) is 33.8 Å². The average Bonchev–Trinajstić information content (AvgIpc) is 2.57. The van der Waals surface area contributed by atoms with Crippen LogP contribution in [-0.2, 0) is 9.53 Å². The zero-order valence-corrected chi connectivity index (χ0v) is 15.2. The van der Waals surface area contributed by atoms with Gasteiger partial charge in [-0.1, -0.05) is 19.3 Å². The minimum absolute atomic E-state index is 0.0151. The first-order valence-electron chi connectivity index (χ1n) is 8.78. The van der Waals surface area contributed by atoms with E-state index >= 15 is 0 Å². The summed E-state index contributed by atoms with van der Waals surface area (Å²) in [5, 5.41) is 9.15. The molecule has 134 valence electrons. The van der Waals surface area contributed by atoms with E-state index in [1.54, 1.807) is 14.1 Å². The van der Waals surface area contributed by atoms with E-state index in [1.165, 1.54) is 32.1 Å². The van der Waals surface area contributed by atoms with Gasteiger partial charge in [-0.3, -0.25) is 9.79 Å². The van der Waals surface area contributed by atoms with E-state index < -0.39 is 5.41 Å². The van der Waals surface area contributed by atoms with Gasteiger partial charge in [0.25, 0.3) is 0 Å². The van der Waals surface area contributed by atoms with Crippen molar-refractivity contribution >= 4 is 11.9 Å². The third kappa shape index (κ3) is 7.68. The Morgan fingerprint density at radius 1 is 1.22 bits per heavy atom. The van der Waals surface area contributed by atoms with Crippen molar-refractivity contribution < 1.29 is 9.53 Å². The van der Waals surface area contributed by atoms with Crippen LogP contribution in [0, 0.1) is 5.41 Å². The van der Waals surface area contributed by atoms with Crippen LogP contribution in [0.1, 0.15) is 52.4 Å². The summed E-state index contributed by atoms with van der Waals surface area (Å²) in [6, 6.07) is 0. The van der Waals surface area contributed by atoms with Gasteiger partial charge in [-0.15, -0.1) is 0 Å². The predicted molar refractivity (Wildman–Crippen MR) is 94.7 cm³/mol. The van der Waals surface area contributed by atoms with Crippen molar-refractivity contribution in [1.29, 1.82) is 0 Å². The number of aliphatic imine (C=N–C) groups is 1. The largest absolute Gasteiger partial charge is 0.378 e. The Labute approximate surface area is 140 Å². The summed E-state index contributed by atoms with van der Waals surface area (Å²) in [4.78, 5) is 15.9. The summed E-state index contributed by atoms with van der Waals surface area (Å²) in [6.45, 7) is 5.95. The maximum atomic E-state index is 11.8. The van der Waals surface area contributed by atoms with Crippen LogP contribution in [0.25, 0.3) is 0 Å². The SMILES string of the molecule is CN=C(NCCCOC1CCCCC1)NCC(C)(C)C(=O)NC. The molecule has 0 spiro atoms. The molecule has 0 aromatic carbocycles. The summed E-state index contributed by atoms with van der Waals surface area (Å²) in [7, 11) is 3.39. The number of rotatable bonds is 8. The topological polar surface area (TPSA) is 74.8 Å². The van der Waals surface area contributed by atoms with Crippen molar-refractivity contribution in [2.75, 3.05) is 33.8 Å². The van der Waals surface area contributed by atoms with Crippen molar-refractivity contribution in [3.05, 3.63) is 0 Å². The number of carbonyl (C=O) groups is 1. The van der Waals surface area contributed by atoms with Crippen LogP contribution in [0.3, 0.4) is 0 Å². The summed E-state index contributed by atoms with van der Waals surface area (Å²) in [5.74, 6) is 0.737. The number of guanidine groups is 1. The summed E-state index contributed by atoms with van der Waals surface area (Å²) in [6.07, 6.45) is 7.82. The Bertz CT molecular complexity index is 377. The van der Waals surface area contributed by atoms with Gasteiger partial charge >= 0.3 is 0 Å². The molecule has 0 heterocycles. The van der Waals surface area contributed by atoms with E-state index in [-0.39, 0.29) is 5.91 Å². The molecular weight excluding hydrogens is 292 g/mol. The van der Waals surface area contributed by atoms with Crippen LogP contribution < -0.4 is 16.0 Å². The molecule has 6 heteroatoms. The third-order valence-corrected chi connectivity index (χ3v) is 4.28. The van der Waals surface area contributed by atoms with E-state index in [9.17, 15) is 4.79 Å². The number of carbonyl (C=O) groups excluding carboxylic acids is 1. The van der Waals surface area contributed by atoms with Crippen LogP contribution in [0.15, 0.2) is 4.99 Å². The van der Waals surface area contributed by atoms with E-state index in [4.69, 9.17) is 4.74 Å². The fourth-order valence-electron chi connectivity index (χ4n) is 2.70. The second-order valence-corrected chi connectivity index (χ2v) is 6.80. The molecular formula is C17H34N4O2. The first kappa shape index (κ1) is 19.7. The number of hydrogen-bond donors (Lipinski definition) is 3. The molecule has 0 unspecified atom stereocenters. The molecule has 1 rings (SSSR count). The smallest absolute Gasteiger partial charge is 0.227 e. The molecule has 0 saturated heterocycles. The van der Waals surface area contributed by atoms with E-state index in [1.807, 2.05) is 13.8 Å². The van der Waals surface area contributed by atoms with Crippen LogP contribution in [0.4, 0.5) is 0 Å². The van der Waals surface area contributed by atoms with Crippen LogP contribution in [0.5, 0.6) is 0 Å². The highest BCUT2D eigenvalue weighted by Crippen LogP contribution is 2.20. The number of nitrogens with zero attached hydrogens (tertiary/aromatic N) is 1. The van der Waals surface area contributed by atoms with Gasteiger partial charge in [0.2, 0.25) is 5.91 Å². The minimum Gasteiger partial charge on any atom is -0.378 e. The van der Waals surface area contributed by atoms with Gasteiger partial charge in [0.05, 0.1) is 11.5 Å². The fourth-order valence-corrected chi connectivity index (χ4v) is 2.70. The van der Waals surface area contributed by atoms with E-state index in [2.05, 4.69) is 20.9 Å². The molecule has 3 N–H and O–H groups in total. The summed E-state index contributed by atoms with van der Waals surface area (Å²) >= 11 is 0. The summed E-state index contributed by atoms with van der Waals surface area (Å²) < 4.78 is 5.91. The molecule has 0 bridgehead atoms. The standard InChI is InChI=1S/C17H34N4O2/c1-17(2,15(22)18-3)13-21-16(19-4)20-11-8-12-23-14-9-6-5-7-10-14/h14H,5-13H2,1-4H3,(H,18,22)(H2,19,20,21). The van der Waals surface area contributed by atoms with Crippen molar-refractivity contribution in [2.45, 2.75) is 58.5 Å². The van der Waals surface area contributed by atoms with Gasteiger partial charge in [0.15, 0.2) is 5.96 Å². The Balaban J connectivity index is 2.15. The van der Waals surface area contributed by atoms with E-state index in [0.29, 0.717) is 12.6 Å². The Morgan fingerprint density at radius 3 is 2.52 bits per heavy atom. The molecule has 1 aliphatic rings. The highest BCUT2D eigenvalue weighted by atomic mass is 16.5. The number of hydrogen-bond acceptors (Lipinski definition) is 3. The lowest BCUT2D eigenvalue weighted by Gasteiger charge is -2.24.